The second kappa shape index (κ2) is 8.83. The fourth-order valence-electron chi connectivity index (χ4n) is 2.74. The van der Waals surface area contributed by atoms with Crippen LogP contribution in [-0.4, -0.2) is 30.5 Å². The van der Waals surface area contributed by atoms with Crippen molar-refractivity contribution < 1.29 is 22.9 Å². The molecule has 10 nitrogen and oxygen atoms in total. The van der Waals surface area contributed by atoms with Crippen LogP contribution in [0.3, 0.4) is 0 Å². The summed E-state index contributed by atoms with van der Waals surface area (Å²) in [7, 11) is -3.77. The number of benzene rings is 2. The highest BCUT2D eigenvalue weighted by atomic mass is 32.2. The first-order chi connectivity index (χ1) is 15.1. The molecule has 3 rings (SSSR count). The van der Waals surface area contributed by atoms with Gasteiger partial charge in [-0.2, -0.15) is 5.26 Å². The molecule has 0 spiro atoms. The molecule has 2 aromatic carbocycles. The van der Waals surface area contributed by atoms with E-state index in [1.54, 1.807) is 37.3 Å². The minimum Gasteiger partial charge on any atom is -0.438 e. The Labute approximate surface area is 183 Å². The Kier molecular flexibility index (Phi) is 6.17. The summed E-state index contributed by atoms with van der Waals surface area (Å²) in [5.41, 5.74) is 0.555. The average Bonchev–Trinajstić information content (AvgIpc) is 2.75. The second-order valence-corrected chi connectivity index (χ2v) is 8.76. The topological polar surface area (TPSA) is 152 Å². The molecule has 3 aromatic rings. The monoisotopic (exact) mass is 452 g/mol. The molecule has 0 radical (unpaired) electrons. The van der Waals surface area contributed by atoms with Gasteiger partial charge in [0.1, 0.15) is 17.4 Å². The lowest BCUT2D eigenvalue weighted by atomic mass is 10.1. The lowest BCUT2D eigenvalue weighted by Gasteiger charge is -2.12. The Morgan fingerprint density at radius 2 is 1.97 bits per heavy atom. The summed E-state index contributed by atoms with van der Waals surface area (Å²) in [4.78, 5) is 26.7. The predicted octanol–water partition coefficient (Wildman–Crippen LogP) is 3.62. The predicted molar refractivity (Wildman–Crippen MR) is 114 cm³/mol. The number of carbonyl (C=O) groups excluding carboxylic acids is 1. The van der Waals surface area contributed by atoms with Crippen molar-refractivity contribution in [1.29, 1.82) is 5.26 Å². The van der Waals surface area contributed by atoms with Crippen LogP contribution in [0, 0.1) is 28.4 Å². The summed E-state index contributed by atoms with van der Waals surface area (Å²) in [6.45, 7) is 1.70. The van der Waals surface area contributed by atoms with Crippen LogP contribution in [0.1, 0.15) is 21.5 Å². The molecule has 11 heteroatoms. The van der Waals surface area contributed by atoms with Gasteiger partial charge in [0, 0.05) is 35.8 Å². The van der Waals surface area contributed by atoms with Gasteiger partial charge in [-0.25, -0.2) is 13.4 Å². The van der Waals surface area contributed by atoms with Gasteiger partial charge in [0.15, 0.2) is 9.84 Å². The Morgan fingerprint density at radius 1 is 1.22 bits per heavy atom. The van der Waals surface area contributed by atoms with E-state index in [1.165, 1.54) is 6.20 Å². The summed E-state index contributed by atoms with van der Waals surface area (Å²) >= 11 is 0. The van der Waals surface area contributed by atoms with E-state index in [1.807, 2.05) is 6.07 Å². The first-order valence-corrected chi connectivity index (χ1v) is 10.9. The maximum atomic E-state index is 12.7. The molecule has 0 aliphatic heterocycles. The number of hydrogen-bond donors (Lipinski definition) is 1. The number of aryl methyl sites for hydroxylation is 1. The molecule has 0 atom stereocenters. The normalized spacial score (nSPS) is 10.8. The van der Waals surface area contributed by atoms with Gasteiger partial charge in [-0.1, -0.05) is 0 Å². The van der Waals surface area contributed by atoms with Crippen molar-refractivity contribution >= 4 is 27.1 Å². The van der Waals surface area contributed by atoms with Crippen molar-refractivity contribution in [1.82, 2.24) is 4.98 Å². The van der Waals surface area contributed by atoms with E-state index in [0.29, 0.717) is 17.0 Å². The van der Waals surface area contributed by atoms with Crippen LogP contribution in [0.15, 0.2) is 59.6 Å². The van der Waals surface area contributed by atoms with Gasteiger partial charge in [-0.15, -0.1) is 0 Å². The third-order valence-electron chi connectivity index (χ3n) is 4.34. The molecule has 0 saturated heterocycles. The van der Waals surface area contributed by atoms with E-state index in [0.717, 1.165) is 24.5 Å². The second-order valence-electron chi connectivity index (χ2n) is 6.75. The number of hydrogen-bond acceptors (Lipinski definition) is 8. The first-order valence-electron chi connectivity index (χ1n) is 9.03. The number of nitrogens with zero attached hydrogens (tertiary/aromatic N) is 3. The third-order valence-corrected chi connectivity index (χ3v) is 5.44. The molecule has 1 amide bonds. The number of sulfone groups is 1. The van der Waals surface area contributed by atoms with Gasteiger partial charge in [0.25, 0.3) is 11.6 Å². The van der Waals surface area contributed by atoms with Crippen LogP contribution in [0.5, 0.6) is 11.6 Å². The maximum Gasteiger partial charge on any atom is 0.271 e. The number of nitrogens with one attached hydrogen (secondary N) is 1. The molecule has 0 saturated carbocycles. The number of non-ortho nitro benzene ring substituents is 1. The number of ether oxygens (including phenoxy) is 1. The molecule has 32 heavy (non-hydrogen) atoms. The number of nitro benzene ring substituents is 1. The quantitative estimate of drug-likeness (QED) is 0.440. The van der Waals surface area contributed by atoms with Crippen LogP contribution < -0.4 is 10.1 Å². The zero-order valence-corrected chi connectivity index (χ0v) is 17.7. The molecule has 0 unspecified atom stereocenters. The zero-order valence-electron chi connectivity index (χ0n) is 16.9. The summed E-state index contributed by atoms with van der Waals surface area (Å²) in [5, 5.41) is 22.9. The van der Waals surface area contributed by atoms with Gasteiger partial charge >= 0.3 is 0 Å². The van der Waals surface area contributed by atoms with Crippen molar-refractivity contribution in [2.75, 3.05) is 11.6 Å². The van der Waals surface area contributed by atoms with Gasteiger partial charge in [0.2, 0.25) is 5.88 Å². The van der Waals surface area contributed by atoms with Gasteiger partial charge in [0.05, 0.1) is 9.82 Å². The summed E-state index contributed by atoms with van der Waals surface area (Å²) in [6, 6.07) is 12.8. The summed E-state index contributed by atoms with van der Waals surface area (Å²) < 4.78 is 29.3. The SMILES string of the molecule is Cc1cc(Oc2ncccc2C#N)ccc1NC(=O)c1cc([N+](=O)[O-])cc(S(C)(=O)=O)c1. The van der Waals surface area contributed by atoms with E-state index in [9.17, 15) is 23.3 Å². The molecular weight excluding hydrogens is 436 g/mol. The highest BCUT2D eigenvalue weighted by Gasteiger charge is 2.19. The number of nitro groups is 1. The van der Waals surface area contributed by atoms with Gasteiger partial charge < -0.3 is 10.1 Å². The molecule has 1 N–H and O–H groups in total. The van der Waals surface area contributed by atoms with Crippen molar-refractivity contribution in [3.63, 3.8) is 0 Å². The number of amides is 1. The number of nitriles is 1. The molecule has 0 aliphatic rings. The van der Waals surface area contributed by atoms with Crippen LogP contribution in [0.25, 0.3) is 0 Å². The Balaban J connectivity index is 1.86. The lowest BCUT2D eigenvalue weighted by molar-refractivity contribution is -0.385. The Hall–Kier alpha value is -4.30. The highest BCUT2D eigenvalue weighted by Crippen LogP contribution is 2.28. The van der Waals surface area contributed by atoms with Gasteiger partial charge in [-0.3, -0.25) is 14.9 Å². The van der Waals surface area contributed by atoms with Crippen molar-refractivity contribution in [3.8, 4) is 17.7 Å². The Bertz CT molecular complexity index is 1380. The largest absolute Gasteiger partial charge is 0.438 e. The molecule has 0 fully saturated rings. The van der Waals surface area contributed by atoms with Crippen LogP contribution >= 0.6 is 0 Å². The van der Waals surface area contributed by atoms with E-state index in [4.69, 9.17) is 10.00 Å². The number of anilines is 1. The lowest BCUT2D eigenvalue weighted by Crippen LogP contribution is -2.14. The standard InChI is InChI=1S/C21H16N4O6S/c1-13-8-17(31-21-14(12-22)4-3-7-23-21)5-6-19(13)24-20(26)15-9-16(25(27)28)11-18(10-15)32(2,29)30/h3-11H,1-2H3,(H,24,26). The fraction of sp³-hybridized carbons (Fsp3) is 0.0952. The first kappa shape index (κ1) is 22.4. The van der Waals surface area contributed by atoms with Crippen LogP contribution in [0.4, 0.5) is 11.4 Å². The molecule has 0 bridgehead atoms. The number of rotatable bonds is 6. The smallest absolute Gasteiger partial charge is 0.271 e. The van der Waals surface area contributed by atoms with Gasteiger partial charge in [-0.05, 0) is 48.9 Å². The average molecular weight is 452 g/mol. The van der Waals surface area contributed by atoms with E-state index in [-0.39, 0.29) is 21.9 Å². The summed E-state index contributed by atoms with van der Waals surface area (Å²) in [6.07, 6.45) is 2.39. The maximum absolute atomic E-state index is 12.7. The summed E-state index contributed by atoms with van der Waals surface area (Å²) in [5.74, 6) is -0.201. The zero-order chi connectivity index (χ0) is 23.5. The highest BCUT2D eigenvalue weighted by molar-refractivity contribution is 7.90. The van der Waals surface area contributed by atoms with E-state index in [2.05, 4.69) is 10.3 Å². The van der Waals surface area contributed by atoms with Crippen molar-refractivity contribution in [2.24, 2.45) is 0 Å². The van der Waals surface area contributed by atoms with E-state index >= 15 is 0 Å². The number of carbonyl (C=O) groups is 1. The molecular formula is C21H16N4O6S. The molecule has 0 aliphatic carbocycles. The molecule has 1 heterocycles. The molecule has 162 valence electrons. The van der Waals surface area contributed by atoms with E-state index < -0.39 is 26.4 Å². The molecule has 1 aromatic heterocycles. The van der Waals surface area contributed by atoms with Crippen LogP contribution in [0.2, 0.25) is 0 Å². The Morgan fingerprint density at radius 3 is 2.59 bits per heavy atom. The minimum atomic E-state index is -3.77. The third kappa shape index (κ3) is 5.05. The number of aromatic nitrogens is 1. The van der Waals surface area contributed by atoms with Crippen molar-refractivity contribution in [3.05, 3.63) is 81.5 Å². The van der Waals surface area contributed by atoms with Crippen molar-refractivity contribution in [2.45, 2.75) is 11.8 Å². The number of pyridine rings is 1. The van der Waals surface area contributed by atoms with Crippen LogP contribution in [-0.2, 0) is 9.84 Å². The minimum absolute atomic E-state index is 0.135. The fourth-order valence-corrected chi connectivity index (χ4v) is 3.41.